The summed E-state index contributed by atoms with van der Waals surface area (Å²) >= 11 is 0. The Labute approximate surface area is 110 Å². The molecule has 1 saturated carbocycles. The number of carboxylic acid groups (broad SMARTS) is 1. The van der Waals surface area contributed by atoms with E-state index in [1.165, 1.54) is 32.4 Å². The fraction of sp³-hybridized carbons (Fsp3) is 0.929. The minimum atomic E-state index is -0.617. The average Bonchev–Trinajstić information content (AvgIpc) is 2.24. The summed E-state index contributed by atoms with van der Waals surface area (Å²) in [7, 11) is 4.36. The van der Waals surface area contributed by atoms with Crippen LogP contribution in [-0.4, -0.2) is 60.6 Å². The van der Waals surface area contributed by atoms with Crippen LogP contribution < -0.4 is 0 Å². The molecule has 1 atom stereocenters. The Balaban J connectivity index is 1.63. The number of carboxylic acids is 1. The Morgan fingerprint density at radius 2 is 2.17 bits per heavy atom. The zero-order valence-corrected chi connectivity index (χ0v) is 11.6. The summed E-state index contributed by atoms with van der Waals surface area (Å²) < 4.78 is 0. The molecule has 1 saturated heterocycles. The molecule has 4 heteroatoms. The molecular weight excluding hydrogens is 228 g/mol. The lowest BCUT2D eigenvalue weighted by Crippen LogP contribution is -2.46. The molecule has 2 rings (SSSR count). The number of piperidine rings is 1. The highest BCUT2D eigenvalue weighted by Gasteiger charge is 2.36. The van der Waals surface area contributed by atoms with Crippen LogP contribution in [-0.2, 0) is 4.79 Å². The van der Waals surface area contributed by atoms with Crippen molar-refractivity contribution in [3.63, 3.8) is 0 Å². The van der Waals surface area contributed by atoms with Crippen molar-refractivity contribution in [2.75, 3.05) is 33.7 Å². The first-order chi connectivity index (χ1) is 8.56. The lowest BCUT2D eigenvalue weighted by atomic mass is 9.79. The Hall–Kier alpha value is -0.610. The Morgan fingerprint density at radius 3 is 2.78 bits per heavy atom. The highest BCUT2D eigenvalue weighted by atomic mass is 16.4. The van der Waals surface area contributed by atoms with Crippen molar-refractivity contribution < 1.29 is 9.90 Å². The highest BCUT2D eigenvalue weighted by molar-refractivity contribution is 5.71. The molecule has 1 aliphatic carbocycles. The molecule has 4 nitrogen and oxygen atoms in total. The Bertz CT molecular complexity index is 290. The molecule has 1 heterocycles. The van der Waals surface area contributed by atoms with E-state index in [9.17, 15) is 4.79 Å². The summed E-state index contributed by atoms with van der Waals surface area (Å²) in [5.41, 5.74) is 0. The molecule has 0 radical (unpaired) electrons. The molecule has 2 aliphatic rings. The van der Waals surface area contributed by atoms with Crippen LogP contribution in [0.15, 0.2) is 0 Å². The van der Waals surface area contributed by atoms with Gasteiger partial charge >= 0.3 is 5.97 Å². The van der Waals surface area contributed by atoms with Gasteiger partial charge in [-0.1, -0.05) is 0 Å². The summed E-state index contributed by atoms with van der Waals surface area (Å²) in [6, 6.07) is 0.507. The van der Waals surface area contributed by atoms with Crippen molar-refractivity contribution >= 4 is 5.97 Å². The summed E-state index contributed by atoms with van der Waals surface area (Å²) in [5, 5.41) is 8.87. The molecule has 1 aliphatic heterocycles. The first-order valence-electron chi connectivity index (χ1n) is 7.18. The number of nitrogens with zero attached hydrogens (tertiary/aromatic N) is 2. The lowest BCUT2D eigenvalue weighted by Gasteiger charge is -2.40. The van der Waals surface area contributed by atoms with Crippen LogP contribution >= 0.6 is 0 Å². The monoisotopic (exact) mass is 254 g/mol. The Kier molecular flexibility index (Phi) is 4.62. The zero-order valence-electron chi connectivity index (χ0n) is 11.6. The van der Waals surface area contributed by atoms with Gasteiger partial charge in [-0.3, -0.25) is 4.79 Å². The largest absolute Gasteiger partial charge is 0.481 e. The van der Waals surface area contributed by atoms with Crippen molar-refractivity contribution in [2.24, 2.45) is 11.8 Å². The van der Waals surface area contributed by atoms with Crippen molar-refractivity contribution in [2.45, 2.75) is 38.1 Å². The van der Waals surface area contributed by atoms with Crippen LogP contribution in [0.25, 0.3) is 0 Å². The second-order valence-corrected chi connectivity index (χ2v) is 6.20. The molecule has 0 aromatic rings. The maximum absolute atomic E-state index is 10.8. The SMILES string of the molecule is CN1CCCC(CCN(C)C2CC(C(=O)O)C2)C1. The van der Waals surface area contributed by atoms with Gasteiger partial charge in [0, 0.05) is 12.6 Å². The van der Waals surface area contributed by atoms with Gasteiger partial charge in [0.2, 0.25) is 0 Å². The molecule has 18 heavy (non-hydrogen) atoms. The maximum atomic E-state index is 10.8. The van der Waals surface area contributed by atoms with Crippen LogP contribution in [0.3, 0.4) is 0 Å². The van der Waals surface area contributed by atoms with Gasteiger partial charge in [0.1, 0.15) is 0 Å². The molecule has 1 unspecified atom stereocenters. The van der Waals surface area contributed by atoms with Gasteiger partial charge in [0.15, 0.2) is 0 Å². The average molecular weight is 254 g/mol. The fourth-order valence-corrected chi connectivity index (χ4v) is 3.23. The molecule has 0 amide bonds. The third-order valence-electron chi connectivity index (χ3n) is 4.70. The third kappa shape index (κ3) is 3.45. The number of aliphatic carboxylic acids is 1. The van der Waals surface area contributed by atoms with E-state index in [0.29, 0.717) is 6.04 Å². The van der Waals surface area contributed by atoms with E-state index in [-0.39, 0.29) is 5.92 Å². The second-order valence-electron chi connectivity index (χ2n) is 6.20. The predicted octanol–water partition coefficient (Wildman–Crippen LogP) is 1.51. The van der Waals surface area contributed by atoms with Gasteiger partial charge in [-0.05, 0) is 65.2 Å². The molecule has 0 aromatic carbocycles. The standard InChI is InChI=1S/C14H26N2O2/c1-15-6-3-4-11(10-15)5-7-16(2)13-8-12(9-13)14(17)18/h11-13H,3-10H2,1-2H3,(H,17,18). The molecule has 0 aromatic heterocycles. The first kappa shape index (κ1) is 13.8. The van der Waals surface area contributed by atoms with Gasteiger partial charge in [-0.2, -0.15) is 0 Å². The summed E-state index contributed by atoms with van der Waals surface area (Å²) in [6.07, 6.45) is 5.64. The normalized spacial score (nSPS) is 33.4. The van der Waals surface area contributed by atoms with Crippen molar-refractivity contribution in [1.82, 2.24) is 9.80 Å². The van der Waals surface area contributed by atoms with Crippen molar-refractivity contribution in [3.8, 4) is 0 Å². The van der Waals surface area contributed by atoms with E-state index in [1.54, 1.807) is 0 Å². The van der Waals surface area contributed by atoms with E-state index in [2.05, 4.69) is 23.9 Å². The minimum Gasteiger partial charge on any atom is -0.481 e. The summed E-state index contributed by atoms with van der Waals surface area (Å²) in [4.78, 5) is 15.6. The lowest BCUT2D eigenvalue weighted by molar-refractivity contribution is -0.146. The molecule has 0 spiro atoms. The van der Waals surface area contributed by atoms with Crippen molar-refractivity contribution in [3.05, 3.63) is 0 Å². The van der Waals surface area contributed by atoms with Crippen LogP contribution in [0.1, 0.15) is 32.1 Å². The van der Waals surface area contributed by atoms with E-state index in [1.807, 2.05) is 0 Å². The van der Waals surface area contributed by atoms with Gasteiger partial charge in [0.05, 0.1) is 5.92 Å². The highest BCUT2D eigenvalue weighted by Crippen LogP contribution is 2.31. The van der Waals surface area contributed by atoms with Gasteiger partial charge in [0.25, 0.3) is 0 Å². The minimum absolute atomic E-state index is 0.0849. The predicted molar refractivity (Wildman–Crippen MR) is 71.6 cm³/mol. The van der Waals surface area contributed by atoms with Gasteiger partial charge in [-0.25, -0.2) is 0 Å². The quantitative estimate of drug-likeness (QED) is 0.808. The molecule has 1 N–H and O–H groups in total. The number of hydrogen-bond donors (Lipinski definition) is 1. The first-order valence-corrected chi connectivity index (χ1v) is 7.18. The van der Waals surface area contributed by atoms with E-state index < -0.39 is 5.97 Å². The van der Waals surface area contributed by atoms with Crippen LogP contribution in [0.2, 0.25) is 0 Å². The van der Waals surface area contributed by atoms with Crippen LogP contribution in [0, 0.1) is 11.8 Å². The van der Waals surface area contributed by atoms with Crippen molar-refractivity contribution in [1.29, 1.82) is 0 Å². The van der Waals surface area contributed by atoms with Gasteiger partial charge < -0.3 is 14.9 Å². The number of likely N-dealkylation sites (tertiary alicyclic amines) is 1. The topological polar surface area (TPSA) is 43.8 Å². The number of carbonyl (C=O) groups is 1. The van der Waals surface area contributed by atoms with E-state index >= 15 is 0 Å². The van der Waals surface area contributed by atoms with E-state index in [0.717, 1.165) is 25.3 Å². The molecule has 0 bridgehead atoms. The second kappa shape index (κ2) is 6.02. The zero-order chi connectivity index (χ0) is 13.1. The maximum Gasteiger partial charge on any atom is 0.306 e. The fourth-order valence-electron chi connectivity index (χ4n) is 3.23. The Morgan fingerprint density at radius 1 is 1.44 bits per heavy atom. The van der Waals surface area contributed by atoms with Crippen LogP contribution in [0.4, 0.5) is 0 Å². The smallest absolute Gasteiger partial charge is 0.306 e. The number of hydrogen-bond acceptors (Lipinski definition) is 3. The van der Waals surface area contributed by atoms with Crippen LogP contribution in [0.5, 0.6) is 0 Å². The summed E-state index contributed by atoms with van der Waals surface area (Å²) in [5.74, 6) is 0.133. The summed E-state index contributed by atoms with van der Waals surface area (Å²) in [6.45, 7) is 3.60. The molecular formula is C14H26N2O2. The number of rotatable bonds is 5. The van der Waals surface area contributed by atoms with E-state index in [4.69, 9.17) is 5.11 Å². The third-order valence-corrected chi connectivity index (χ3v) is 4.70. The molecule has 2 fully saturated rings. The molecule has 104 valence electrons. The van der Waals surface area contributed by atoms with Gasteiger partial charge in [-0.15, -0.1) is 0 Å².